The molecule has 176 valence electrons. The van der Waals surface area contributed by atoms with E-state index in [4.69, 9.17) is 0 Å². The largest absolute Gasteiger partial charge is 0.372 e. The van der Waals surface area contributed by atoms with Gasteiger partial charge in [0.05, 0.1) is 17.6 Å². The van der Waals surface area contributed by atoms with Gasteiger partial charge in [0.25, 0.3) is 0 Å². The minimum Gasteiger partial charge on any atom is -0.372 e. The van der Waals surface area contributed by atoms with Crippen molar-refractivity contribution < 1.29 is 13.2 Å². The van der Waals surface area contributed by atoms with Crippen LogP contribution in [0, 0.1) is 0 Å². The van der Waals surface area contributed by atoms with E-state index in [2.05, 4.69) is 14.6 Å². The first-order valence-electron chi connectivity index (χ1n) is 11.4. The summed E-state index contributed by atoms with van der Waals surface area (Å²) in [6, 6.07) is 15.1. The predicted molar refractivity (Wildman–Crippen MR) is 132 cm³/mol. The minimum absolute atomic E-state index is 0.238. The van der Waals surface area contributed by atoms with E-state index in [0.717, 1.165) is 35.6 Å². The minimum atomic E-state index is -3.83. The number of carbonyl (C=O) groups is 1. The second-order valence-corrected chi connectivity index (χ2v) is 10.2. The number of imidazole rings is 1. The average Bonchev–Trinajstić information content (AvgIpc) is 3.16. The van der Waals surface area contributed by atoms with Crippen LogP contribution in [0.5, 0.6) is 0 Å². The molecule has 0 unspecified atom stereocenters. The molecule has 2 heterocycles. The molecule has 0 spiro atoms. The quantitative estimate of drug-likeness (QED) is 0.546. The third-order valence-electron chi connectivity index (χ3n) is 6.03. The first kappa shape index (κ1) is 23.1. The number of amides is 1. The Morgan fingerprint density at radius 1 is 1.06 bits per heavy atom. The van der Waals surface area contributed by atoms with Crippen molar-refractivity contribution in [2.24, 2.45) is 0 Å². The van der Waals surface area contributed by atoms with Gasteiger partial charge in [-0.15, -0.1) is 0 Å². The van der Waals surface area contributed by atoms with Gasteiger partial charge < -0.3 is 14.4 Å². The van der Waals surface area contributed by atoms with Crippen molar-refractivity contribution in [3.8, 4) is 0 Å². The van der Waals surface area contributed by atoms with Crippen molar-refractivity contribution in [2.45, 2.75) is 39.3 Å². The van der Waals surface area contributed by atoms with Crippen LogP contribution in [-0.4, -0.2) is 54.7 Å². The number of aryl methyl sites for hydroxylation is 1. The van der Waals surface area contributed by atoms with Crippen LogP contribution in [-0.2, 0) is 27.9 Å². The van der Waals surface area contributed by atoms with E-state index < -0.39 is 21.7 Å². The lowest BCUT2D eigenvalue weighted by Crippen LogP contribution is -2.35. The highest BCUT2D eigenvalue weighted by molar-refractivity contribution is 7.93. The predicted octanol–water partition coefficient (Wildman–Crippen LogP) is 3.45. The Balaban J connectivity index is 1.38. The van der Waals surface area contributed by atoms with Crippen LogP contribution in [0.25, 0.3) is 11.0 Å². The molecule has 0 aliphatic carbocycles. The molecule has 9 heteroatoms. The SMILES string of the molecule is CCn1c(CN(C)C(=O)CS(=O)(=O)Nc2ccc(N3CCCCC3)cc2)nc2ccccc21. The van der Waals surface area contributed by atoms with Crippen LogP contribution in [0.4, 0.5) is 11.4 Å². The molecule has 0 saturated carbocycles. The van der Waals surface area contributed by atoms with E-state index in [9.17, 15) is 13.2 Å². The van der Waals surface area contributed by atoms with Gasteiger partial charge in [-0.05, 0) is 62.6 Å². The number of aromatic nitrogens is 2. The Bertz CT molecular complexity index is 1210. The summed E-state index contributed by atoms with van der Waals surface area (Å²) in [5, 5.41) is 0. The van der Waals surface area contributed by atoms with Crippen LogP contribution >= 0.6 is 0 Å². The van der Waals surface area contributed by atoms with Crippen LogP contribution in [0.15, 0.2) is 48.5 Å². The maximum absolute atomic E-state index is 12.7. The van der Waals surface area contributed by atoms with Crippen molar-refractivity contribution in [1.82, 2.24) is 14.5 Å². The topological polar surface area (TPSA) is 87.5 Å². The molecule has 8 nitrogen and oxygen atoms in total. The lowest BCUT2D eigenvalue weighted by Gasteiger charge is -2.28. The highest BCUT2D eigenvalue weighted by Gasteiger charge is 2.22. The molecule has 1 aromatic heterocycles. The highest BCUT2D eigenvalue weighted by atomic mass is 32.2. The molecule has 1 amide bonds. The van der Waals surface area contributed by atoms with E-state index in [1.54, 1.807) is 19.2 Å². The standard InChI is InChI=1S/C24H31N5O3S/c1-3-29-22-10-6-5-9-21(22)25-23(29)17-27(2)24(30)18-33(31,32)26-19-11-13-20(14-12-19)28-15-7-4-8-16-28/h5-6,9-14,26H,3-4,7-8,15-18H2,1-2H3. The third-order valence-corrected chi connectivity index (χ3v) is 7.20. The van der Waals surface area contributed by atoms with E-state index in [1.165, 1.54) is 24.2 Å². The number of piperidine rings is 1. The number of hydrogen-bond acceptors (Lipinski definition) is 5. The van der Waals surface area contributed by atoms with Gasteiger partial charge in [0.2, 0.25) is 15.9 Å². The molecule has 0 radical (unpaired) electrons. The van der Waals surface area contributed by atoms with Gasteiger partial charge >= 0.3 is 0 Å². The van der Waals surface area contributed by atoms with E-state index >= 15 is 0 Å². The monoisotopic (exact) mass is 469 g/mol. The molecule has 1 aliphatic heterocycles. The smallest absolute Gasteiger partial charge is 0.241 e. The highest BCUT2D eigenvalue weighted by Crippen LogP contribution is 2.22. The van der Waals surface area contributed by atoms with Gasteiger partial charge in [-0.1, -0.05) is 12.1 Å². The van der Waals surface area contributed by atoms with Crippen molar-refractivity contribution >= 4 is 38.3 Å². The van der Waals surface area contributed by atoms with Crippen molar-refractivity contribution in [1.29, 1.82) is 0 Å². The summed E-state index contributed by atoms with van der Waals surface area (Å²) >= 11 is 0. The third kappa shape index (κ3) is 5.47. The van der Waals surface area contributed by atoms with Crippen LogP contribution < -0.4 is 9.62 Å². The number of nitrogens with zero attached hydrogens (tertiary/aromatic N) is 4. The van der Waals surface area contributed by atoms with E-state index in [1.807, 2.05) is 47.9 Å². The van der Waals surface area contributed by atoms with Crippen molar-refractivity contribution in [2.75, 3.05) is 35.5 Å². The molecule has 1 N–H and O–H groups in total. The molecule has 1 aliphatic rings. The number of hydrogen-bond donors (Lipinski definition) is 1. The molecular weight excluding hydrogens is 438 g/mol. The number of anilines is 2. The molecule has 1 fully saturated rings. The Kier molecular flexibility index (Phi) is 6.88. The number of carbonyl (C=O) groups excluding carboxylic acids is 1. The summed E-state index contributed by atoms with van der Waals surface area (Å²) < 4.78 is 29.8. The first-order valence-corrected chi connectivity index (χ1v) is 13.0. The zero-order valence-corrected chi connectivity index (χ0v) is 20.0. The maximum atomic E-state index is 12.7. The van der Waals surface area contributed by atoms with E-state index in [0.29, 0.717) is 12.2 Å². The maximum Gasteiger partial charge on any atom is 0.241 e. The second kappa shape index (κ2) is 9.82. The van der Waals surface area contributed by atoms with Crippen LogP contribution in [0.2, 0.25) is 0 Å². The fourth-order valence-electron chi connectivity index (χ4n) is 4.28. The number of para-hydroxylation sites is 2. The fraction of sp³-hybridized carbons (Fsp3) is 0.417. The fourth-order valence-corrected chi connectivity index (χ4v) is 5.39. The normalized spacial score (nSPS) is 14.4. The molecular formula is C24H31N5O3S. The van der Waals surface area contributed by atoms with Gasteiger partial charge in [0.1, 0.15) is 11.6 Å². The second-order valence-electron chi connectivity index (χ2n) is 8.47. The number of benzene rings is 2. The summed E-state index contributed by atoms with van der Waals surface area (Å²) in [5.74, 6) is -0.376. The van der Waals surface area contributed by atoms with Gasteiger partial charge in [0, 0.05) is 38.1 Å². The number of sulfonamides is 1. The summed E-state index contributed by atoms with van der Waals surface area (Å²) in [4.78, 5) is 21.0. The number of rotatable bonds is 8. The summed E-state index contributed by atoms with van der Waals surface area (Å²) in [6.45, 7) is 5.02. The molecule has 3 aromatic rings. The zero-order valence-electron chi connectivity index (χ0n) is 19.2. The summed E-state index contributed by atoms with van der Waals surface area (Å²) in [7, 11) is -2.23. The Morgan fingerprint density at radius 2 is 1.76 bits per heavy atom. The molecule has 33 heavy (non-hydrogen) atoms. The Labute approximate surface area is 195 Å². The lowest BCUT2D eigenvalue weighted by atomic mass is 10.1. The molecule has 4 rings (SSSR count). The van der Waals surface area contributed by atoms with Gasteiger partial charge in [-0.2, -0.15) is 0 Å². The Hall–Kier alpha value is -3.07. The van der Waals surface area contributed by atoms with Gasteiger partial charge in [0.15, 0.2) is 0 Å². The summed E-state index contributed by atoms with van der Waals surface area (Å²) in [6.07, 6.45) is 3.62. The Morgan fingerprint density at radius 3 is 2.45 bits per heavy atom. The van der Waals surface area contributed by atoms with E-state index in [-0.39, 0.29) is 6.54 Å². The van der Waals surface area contributed by atoms with Crippen LogP contribution in [0.1, 0.15) is 32.0 Å². The molecule has 0 bridgehead atoms. The summed E-state index contributed by atoms with van der Waals surface area (Å²) in [5.41, 5.74) is 3.40. The van der Waals surface area contributed by atoms with Gasteiger partial charge in [-0.3, -0.25) is 9.52 Å². The molecule has 2 aromatic carbocycles. The average molecular weight is 470 g/mol. The number of nitrogens with one attached hydrogen (secondary N) is 1. The van der Waals surface area contributed by atoms with Gasteiger partial charge in [-0.25, -0.2) is 13.4 Å². The van der Waals surface area contributed by atoms with Crippen LogP contribution in [0.3, 0.4) is 0 Å². The molecule has 1 saturated heterocycles. The zero-order chi connectivity index (χ0) is 23.4. The van der Waals surface area contributed by atoms with Crippen molar-refractivity contribution in [3.63, 3.8) is 0 Å². The lowest BCUT2D eigenvalue weighted by molar-refractivity contribution is -0.127. The molecule has 0 atom stereocenters. The number of fused-ring (bicyclic) bond motifs is 1. The first-order chi connectivity index (χ1) is 15.9. The van der Waals surface area contributed by atoms with Crippen molar-refractivity contribution in [3.05, 3.63) is 54.4 Å².